The lowest BCUT2D eigenvalue weighted by Gasteiger charge is -2.28. The maximum Gasteiger partial charge on any atom is 0.271 e. The van der Waals surface area contributed by atoms with Gasteiger partial charge in [0.05, 0.1) is 11.9 Å². The highest BCUT2D eigenvalue weighted by Gasteiger charge is 2.21. The van der Waals surface area contributed by atoms with Crippen LogP contribution in [0.4, 0.5) is 5.69 Å². The monoisotopic (exact) mass is 393 g/mol. The number of rotatable bonds is 4. The number of carbonyl (C=O) groups excluding carboxylic acids is 1. The fraction of sp³-hybridized carbons (Fsp3) is 0.522. The minimum atomic E-state index is -0.116. The molecular formula is C23H31N5O. The molecule has 2 aliphatic rings. The number of likely N-dealkylation sites (tertiary alicyclic amines) is 1. The lowest BCUT2D eigenvalue weighted by molar-refractivity contribution is 0.0927. The van der Waals surface area contributed by atoms with Gasteiger partial charge in [-0.05, 0) is 62.8 Å². The number of aryl methyl sites for hydroxylation is 2. The summed E-state index contributed by atoms with van der Waals surface area (Å²) in [6, 6.07) is 7.16. The first kappa shape index (κ1) is 19.8. The molecule has 3 heterocycles. The van der Waals surface area contributed by atoms with E-state index in [-0.39, 0.29) is 11.9 Å². The molecule has 0 bridgehead atoms. The van der Waals surface area contributed by atoms with Crippen LogP contribution in [0.15, 0.2) is 30.6 Å². The van der Waals surface area contributed by atoms with Gasteiger partial charge >= 0.3 is 0 Å². The van der Waals surface area contributed by atoms with Gasteiger partial charge in [0.25, 0.3) is 5.91 Å². The van der Waals surface area contributed by atoms with Crippen LogP contribution in [0.2, 0.25) is 0 Å². The van der Waals surface area contributed by atoms with Crippen molar-refractivity contribution >= 4 is 11.6 Å². The number of hydrogen-bond acceptors (Lipinski definition) is 5. The second-order valence-corrected chi connectivity index (χ2v) is 8.41. The average molecular weight is 394 g/mol. The Morgan fingerprint density at radius 1 is 1.14 bits per heavy atom. The van der Waals surface area contributed by atoms with E-state index < -0.39 is 0 Å². The van der Waals surface area contributed by atoms with Gasteiger partial charge in [-0.3, -0.25) is 14.7 Å². The molecule has 4 rings (SSSR count). The number of amides is 1. The maximum absolute atomic E-state index is 12.4. The number of hydrogen-bond donors (Lipinski definition) is 1. The van der Waals surface area contributed by atoms with Gasteiger partial charge in [0.1, 0.15) is 5.69 Å². The van der Waals surface area contributed by atoms with E-state index in [1.807, 2.05) is 6.92 Å². The van der Waals surface area contributed by atoms with Crippen LogP contribution >= 0.6 is 0 Å². The van der Waals surface area contributed by atoms with Gasteiger partial charge in [-0.2, -0.15) is 0 Å². The van der Waals surface area contributed by atoms with Gasteiger partial charge in [0.2, 0.25) is 0 Å². The highest BCUT2D eigenvalue weighted by molar-refractivity contribution is 5.92. The van der Waals surface area contributed by atoms with Crippen LogP contribution in [-0.2, 0) is 13.0 Å². The van der Waals surface area contributed by atoms with Crippen molar-refractivity contribution in [1.82, 2.24) is 20.2 Å². The number of fused-ring (bicyclic) bond motifs is 1. The molecule has 1 saturated heterocycles. The van der Waals surface area contributed by atoms with Gasteiger partial charge in [-0.15, -0.1) is 0 Å². The van der Waals surface area contributed by atoms with Crippen LogP contribution in [0.1, 0.15) is 53.0 Å². The van der Waals surface area contributed by atoms with E-state index in [4.69, 9.17) is 0 Å². The van der Waals surface area contributed by atoms with Gasteiger partial charge in [0, 0.05) is 44.6 Å². The summed E-state index contributed by atoms with van der Waals surface area (Å²) in [5.74, 6) is -0.116. The first-order valence-corrected chi connectivity index (χ1v) is 10.7. The minimum Gasteiger partial charge on any atom is -0.374 e. The van der Waals surface area contributed by atoms with Crippen LogP contribution in [0.25, 0.3) is 0 Å². The molecular weight excluding hydrogens is 362 g/mol. The van der Waals surface area contributed by atoms with Crippen LogP contribution in [0, 0.1) is 6.92 Å². The van der Waals surface area contributed by atoms with Crippen LogP contribution in [0.5, 0.6) is 0 Å². The Morgan fingerprint density at radius 2 is 2.03 bits per heavy atom. The third kappa shape index (κ3) is 4.93. The Morgan fingerprint density at radius 3 is 2.86 bits per heavy atom. The SMILES string of the molecule is Cc1cnc(C(=O)NC2CCCN(Cc3ccc4c(c3)CCCN4C)CC2)cn1. The number of carbonyl (C=O) groups is 1. The van der Waals surface area contributed by atoms with Gasteiger partial charge in [-0.1, -0.05) is 12.1 Å². The smallest absolute Gasteiger partial charge is 0.271 e. The molecule has 2 aromatic rings. The Balaban J connectivity index is 1.32. The molecule has 1 aromatic carbocycles. The van der Waals surface area contributed by atoms with Crippen molar-refractivity contribution in [3.8, 4) is 0 Å². The molecule has 1 amide bonds. The van der Waals surface area contributed by atoms with Crippen LogP contribution in [0.3, 0.4) is 0 Å². The minimum absolute atomic E-state index is 0.116. The van der Waals surface area contributed by atoms with Crippen molar-refractivity contribution in [2.75, 3.05) is 31.6 Å². The van der Waals surface area contributed by atoms with Gasteiger partial charge in [0.15, 0.2) is 0 Å². The predicted octanol–water partition coefficient (Wildman–Crippen LogP) is 2.95. The van der Waals surface area contributed by atoms with Crippen molar-refractivity contribution in [3.63, 3.8) is 0 Å². The maximum atomic E-state index is 12.4. The summed E-state index contributed by atoms with van der Waals surface area (Å²) in [6.45, 7) is 6.09. The predicted molar refractivity (Wildman–Crippen MR) is 115 cm³/mol. The third-order valence-corrected chi connectivity index (χ3v) is 6.07. The molecule has 6 nitrogen and oxygen atoms in total. The zero-order valence-corrected chi connectivity index (χ0v) is 17.5. The van der Waals surface area contributed by atoms with Crippen molar-refractivity contribution in [2.24, 2.45) is 0 Å². The van der Waals surface area contributed by atoms with Crippen LogP contribution < -0.4 is 10.2 Å². The van der Waals surface area contributed by atoms with Gasteiger partial charge in [-0.25, -0.2) is 4.98 Å². The molecule has 2 aliphatic heterocycles. The summed E-state index contributed by atoms with van der Waals surface area (Å²) in [7, 11) is 2.18. The van der Waals surface area contributed by atoms with E-state index >= 15 is 0 Å². The summed E-state index contributed by atoms with van der Waals surface area (Å²) >= 11 is 0. The number of nitrogens with one attached hydrogen (secondary N) is 1. The molecule has 1 atom stereocenters. The molecule has 1 unspecified atom stereocenters. The fourth-order valence-corrected chi connectivity index (χ4v) is 4.42. The van der Waals surface area contributed by atoms with E-state index in [2.05, 4.69) is 50.3 Å². The second kappa shape index (κ2) is 8.91. The highest BCUT2D eigenvalue weighted by Crippen LogP contribution is 2.27. The highest BCUT2D eigenvalue weighted by atomic mass is 16.1. The summed E-state index contributed by atoms with van der Waals surface area (Å²) in [4.78, 5) is 25.7. The fourth-order valence-electron chi connectivity index (χ4n) is 4.42. The largest absolute Gasteiger partial charge is 0.374 e. The Kier molecular flexibility index (Phi) is 6.09. The summed E-state index contributed by atoms with van der Waals surface area (Å²) in [6.07, 6.45) is 8.70. The Hall–Kier alpha value is -2.47. The van der Waals surface area contributed by atoms with Crippen LogP contribution in [-0.4, -0.2) is 53.5 Å². The van der Waals surface area contributed by atoms with E-state index in [1.165, 1.54) is 29.7 Å². The molecule has 0 aliphatic carbocycles. The topological polar surface area (TPSA) is 61.4 Å². The molecule has 1 fully saturated rings. The quantitative estimate of drug-likeness (QED) is 0.865. The Labute approximate surface area is 173 Å². The molecule has 1 aromatic heterocycles. The van der Waals surface area contributed by atoms with Crippen molar-refractivity contribution in [1.29, 1.82) is 0 Å². The molecule has 29 heavy (non-hydrogen) atoms. The lowest BCUT2D eigenvalue weighted by atomic mass is 9.99. The summed E-state index contributed by atoms with van der Waals surface area (Å²) in [5.41, 5.74) is 5.49. The standard InChI is InChI=1S/C23H31N5O/c1-17-14-25-21(15-24-17)23(29)26-20-6-4-11-28(12-9-20)16-18-7-8-22-19(13-18)5-3-10-27(22)2/h7-8,13-15,20H,3-6,9-12,16H2,1-2H3,(H,26,29). The van der Waals surface area contributed by atoms with E-state index in [0.717, 1.165) is 51.1 Å². The van der Waals surface area contributed by atoms with E-state index in [1.54, 1.807) is 12.4 Å². The first-order chi connectivity index (χ1) is 14.1. The zero-order valence-electron chi connectivity index (χ0n) is 17.5. The zero-order chi connectivity index (χ0) is 20.2. The normalized spacial score (nSPS) is 20.1. The van der Waals surface area contributed by atoms with Crippen molar-refractivity contribution in [2.45, 2.75) is 51.6 Å². The number of benzene rings is 1. The molecule has 154 valence electrons. The van der Waals surface area contributed by atoms with Gasteiger partial charge < -0.3 is 10.2 Å². The number of anilines is 1. The molecule has 6 heteroatoms. The molecule has 1 N–H and O–H groups in total. The van der Waals surface area contributed by atoms with Crippen molar-refractivity contribution in [3.05, 3.63) is 53.1 Å². The molecule has 0 saturated carbocycles. The lowest BCUT2D eigenvalue weighted by Crippen LogP contribution is -2.36. The van der Waals surface area contributed by atoms with E-state index in [0.29, 0.717) is 5.69 Å². The van der Waals surface area contributed by atoms with Crippen molar-refractivity contribution < 1.29 is 4.79 Å². The summed E-state index contributed by atoms with van der Waals surface area (Å²) < 4.78 is 0. The molecule has 0 radical (unpaired) electrons. The summed E-state index contributed by atoms with van der Waals surface area (Å²) in [5, 5.41) is 3.15. The van der Waals surface area contributed by atoms with E-state index in [9.17, 15) is 4.79 Å². The number of aromatic nitrogens is 2. The Bertz CT molecular complexity index is 851. The third-order valence-electron chi connectivity index (χ3n) is 6.07. The first-order valence-electron chi connectivity index (χ1n) is 10.7. The average Bonchev–Trinajstić information content (AvgIpc) is 2.94. The number of nitrogens with zero attached hydrogens (tertiary/aromatic N) is 4. The molecule has 0 spiro atoms. The second-order valence-electron chi connectivity index (χ2n) is 8.41.